The first-order valence-corrected chi connectivity index (χ1v) is 7.39. The van der Waals surface area contributed by atoms with Crippen molar-refractivity contribution in [1.82, 2.24) is 9.78 Å². The predicted octanol–water partition coefficient (Wildman–Crippen LogP) is 4.09. The molecular weight excluding hydrogens is 270 g/mol. The summed E-state index contributed by atoms with van der Waals surface area (Å²) in [6, 6.07) is 8.78. The van der Waals surface area contributed by atoms with E-state index in [-0.39, 0.29) is 11.5 Å². The van der Waals surface area contributed by atoms with Crippen LogP contribution in [-0.2, 0) is 5.41 Å². The van der Waals surface area contributed by atoms with Crippen molar-refractivity contribution in [3.05, 3.63) is 46.1 Å². The van der Waals surface area contributed by atoms with Gasteiger partial charge in [0.25, 0.3) is 0 Å². The molecule has 1 aromatic heterocycles. The van der Waals surface area contributed by atoms with E-state index >= 15 is 0 Å². The first kappa shape index (κ1) is 13.5. The standard InChI is InChI=1S/C16H20ClN3/c1-10-14(17)15(18)20(19-10)13-8-9-16(2,3)12-7-5-4-6-11(12)13/h4-7,13H,8-9,18H2,1-3H3. The van der Waals surface area contributed by atoms with Crippen molar-refractivity contribution in [3.8, 4) is 0 Å². The highest BCUT2D eigenvalue weighted by Gasteiger charge is 2.34. The SMILES string of the molecule is Cc1nn(C2CCC(C)(C)c3ccccc32)c(N)c1Cl. The third kappa shape index (κ3) is 1.92. The minimum Gasteiger partial charge on any atom is -0.383 e. The molecule has 4 heteroatoms. The maximum Gasteiger partial charge on any atom is 0.141 e. The molecule has 0 bridgehead atoms. The number of aromatic nitrogens is 2. The van der Waals surface area contributed by atoms with Crippen LogP contribution in [0.5, 0.6) is 0 Å². The number of anilines is 1. The van der Waals surface area contributed by atoms with Crippen LogP contribution in [0.25, 0.3) is 0 Å². The molecule has 3 nitrogen and oxygen atoms in total. The second-order valence-electron chi connectivity index (χ2n) is 6.25. The Bertz CT molecular complexity index is 658. The number of nitrogens with zero attached hydrogens (tertiary/aromatic N) is 2. The molecule has 2 N–H and O–H groups in total. The molecule has 1 atom stereocenters. The zero-order valence-electron chi connectivity index (χ0n) is 12.2. The third-order valence-electron chi connectivity index (χ3n) is 4.43. The summed E-state index contributed by atoms with van der Waals surface area (Å²) < 4.78 is 1.89. The van der Waals surface area contributed by atoms with Crippen LogP contribution in [0.3, 0.4) is 0 Å². The Morgan fingerprint density at radius 2 is 2.05 bits per heavy atom. The van der Waals surface area contributed by atoms with Gasteiger partial charge in [0.05, 0.1) is 11.7 Å². The van der Waals surface area contributed by atoms with E-state index in [1.165, 1.54) is 11.1 Å². The highest BCUT2D eigenvalue weighted by Crippen LogP contribution is 2.44. The number of halogens is 1. The van der Waals surface area contributed by atoms with Gasteiger partial charge in [-0.15, -0.1) is 0 Å². The molecule has 0 amide bonds. The average Bonchev–Trinajstić information content (AvgIpc) is 2.67. The van der Waals surface area contributed by atoms with Gasteiger partial charge in [-0.05, 0) is 36.3 Å². The molecule has 2 aromatic rings. The van der Waals surface area contributed by atoms with E-state index < -0.39 is 0 Å². The molecule has 1 unspecified atom stereocenters. The van der Waals surface area contributed by atoms with Gasteiger partial charge in [0.15, 0.2) is 0 Å². The summed E-state index contributed by atoms with van der Waals surface area (Å²) in [6.07, 6.45) is 2.15. The first-order valence-electron chi connectivity index (χ1n) is 7.01. The van der Waals surface area contributed by atoms with Crippen molar-refractivity contribution in [3.63, 3.8) is 0 Å². The fourth-order valence-electron chi connectivity index (χ4n) is 3.23. The van der Waals surface area contributed by atoms with Gasteiger partial charge in [-0.2, -0.15) is 5.10 Å². The zero-order chi connectivity index (χ0) is 14.5. The summed E-state index contributed by atoms with van der Waals surface area (Å²) in [7, 11) is 0. The normalized spacial score (nSPS) is 20.7. The topological polar surface area (TPSA) is 43.8 Å². The van der Waals surface area contributed by atoms with Gasteiger partial charge in [-0.25, -0.2) is 4.68 Å². The molecule has 3 rings (SSSR count). The molecule has 0 saturated carbocycles. The summed E-state index contributed by atoms with van der Waals surface area (Å²) in [5, 5.41) is 5.12. The quantitative estimate of drug-likeness (QED) is 0.859. The molecule has 1 heterocycles. The van der Waals surface area contributed by atoms with Crippen molar-refractivity contribution in [2.45, 2.75) is 45.1 Å². The van der Waals surface area contributed by atoms with Gasteiger partial charge in [0, 0.05) is 0 Å². The average molecular weight is 290 g/mol. The summed E-state index contributed by atoms with van der Waals surface area (Å²) in [6.45, 7) is 6.49. The number of aryl methyl sites for hydroxylation is 1. The number of hydrogen-bond acceptors (Lipinski definition) is 2. The number of fused-ring (bicyclic) bond motifs is 1. The molecule has 0 fully saturated rings. The third-order valence-corrected chi connectivity index (χ3v) is 4.90. The summed E-state index contributed by atoms with van der Waals surface area (Å²) in [4.78, 5) is 0. The number of rotatable bonds is 1. The minimum absolute atomic E-state index is 0.186. The Balaban J connectivity index is 2.15. The lowest BCUT2D eigenvalue weighted by Gasteiger charge is -2.37. The number of hydrogen-bond donors (Lipinski definition) is 1. The Kier molecular flexibility index (Phi) is 3.05. The van der Waals surface area contributed by atoms with Crippen LogP contribution >= 0.6 is 11.6 Å². The lowest BCUT2D eigenvalue weighted by molar-refractivity contribution is 0.355. The van der Waals surface area contributed by atoms with Crippen LogP contribution in [0, 0.1) is 6.92 Å². The predicted molar refractivity (Wildman–Crippen MR) is 83.2 cm³/mol. The van der Waals surface area contributed by atoms with E-state index in [0.717, 1.165) is 18.5 Å². The zero-order valence-corrected chi connectivity index (χ0v) is 12.9. The maximum atomic E-state index is 6.19. The van der Waals surface area contributed by atoms with E-state index in [0.29, 0.717) is 10.8 Å². The molecule has 0 spiro atoms. The lowest BCUT2D eigenvalue weighted by Crippen LogP contribution is -2.29. The van der Waals surface area contributed by atoms with Gasteiger partial charge >= 0.3 is 0 Å². The first-order chi connectivity index (χ1) is 9.42. The molecule has 0 radical (unpaired) electrons. The Morgan fingerprint density at radius 3 is 2.70 bits per heavy atom. The maximum absolute atomic E-state index is 6.19. The number of nitrogens with two attached hydrogens (primary N) is 1. The molecule has 1 aliphatic rings. The monoisotopic (exact) mass is 289 g/mol. The van der Waals surface area contributed by atoms with Gasteiger partial charge < -0.3 is 5.73 Å². The van der Waals surface area contributed by atoms with E-state index in [9.17, 15) is 0 Å². The van der Waals surface area contributed by atoms with Crippen LogP contribution in [0.2, 0.25) is 5.02 Å². The van der Waals surface area contributed by atoms with E-state index in [4.69, 9.17) is 17.3 Å². The molecular formula is C16H20ClN3. The molecule has 0 aliphatic heterocycles. The second-order valence-corrected chi connectivity index (χ2v) is 6.63. The molecule has 1 aromatic carbocycles. The van der Waals surface area contributed by atoms with Crippen LogP contribution < -0.4 is 5.73 Å². The highest BCUT2D eigenvalue weighted by atomic mass is 35.5. The Hall–Kier alpha value is -1.48. The van der Waals surface area contributed by atoms with Gasteiger partial charge in [-0.3, -0.25) is 0 Å². The van der Waals surface area contributed by atoms with Crippen LogP contribution in [0.4, 0.5) is 5.82 Å². The number of nitrogen functional groups attached to an aromatic ring is 1. The Labute approximate surface area is 124 Å². The molecule has 1 aliphatic carbocycles. The largest absolute Gasteiger partial charge is 0.383 e. The summed E-state index contributed by atoms with van der Waals surface area (Å²) in [5.74, 6) is 0.573. The van der Waals surface area contributed by atoms with Gasteiger partial charge in [0.1, 0.15) is 10.8 Å². The molecule has 20 heavy (non-hydrogen) atoms. The fourth-order valence-corrected chi connectivity index (χ4v) is 3.35. The van der Waals surface area contributed by atoms with Crippen molar-refractivity contribution in [1.29, 1.82) is 0 Å². The fraction of sp³-hybridized carbons (Fsp3) is 0.438. The van der Waals surface area contributed by atoms with E-state index in [1.807, 2.05) is 11.6 Å². The van der Waals surface area contributed by atoms with Gasteiger partial charge in [-0.1, -0.05) is 49.7 Å². The van der Waals surface area contributed by atoms with Crippen LogP contribution in [0.15, 0.2) is 24.3 Å². The molecule has 0 saturated heterocycles. The van der Waals surface area contributed by atoms with Crippen molar-refractivity contribution in [2.24, 2.45) is 0 Å². The summed E-state index contributed by atoms with van der Waals surface area (Å²) >= 11 is 6.19. The van der Waals surface area contributed by atoms with Crippen molar-refractivity contribution in [2.75, 3.05) is 5.73 Å². The Morgan fingerprint density at radius 1 is 1.35 bits per heavy atom. The van der Waals surface area contributed by atoms with Crippen LogP contribution in [-0.4, -0.2) is 9.78 Å². The van der Waals surface area contributed by atoms with Crippen molar-refractivity contribution < 1.29 is 0 Å². The minimum atomic E-state index is 0.186. The second kappa shape index (κ2) is 4.52. The van der Waals surface area contributed by atoms with E-state index in [2.05, 4.69) is 43.2 Å². The lowest BCUT2D eigenvalue weighted by atomic mass is 9.71. The van der Waals surface area contributed by atoms with Gasteiger partial charge in [0.2, 0.25) is 0 Å². The van der Waals surface area contributed by atoms with E-state index in [1.54, 1.807) is 0 Å². The highest BCUT2D eigenvalue weighted by molar-refractivity contribution is 6.33. The number of benzene rings is 1. The molecule has 106 valence electrons. The smallest absolute Gasteiger partial charge is 0.141 e. The van der Waals surface area contributed by atoms with Crippen molar-refractivity contribution >= 4 is 17.4 Å². The van der Waals surface area contributed by atoms with Crippen LogP contribution in [0.1, 0.15) is 49.6 Å². The summed E-state index contributed by atoms with van der Waals surface area (Å²) in [5.41, 5.74) is 9.83.